The monoisotopic (exact) mass is 694 g/mol. The molecule has 50 heavy (non-hydrogen) atoms. The molecule has 0 aliphatic carbocycles. The van der Waals surface area contributed by atoms with Crippen molar-refractivity contribution in [3.05, 3.63) is 128 Å². The number of rotatable bonds is 11. The molecular weight excluding hydrogens is 658 g/mol. The minimum absolute atomic E-state index is 0.0660. The molecule has 10 heteroatoms. The number of ether oxygens (including phenoxy) is 1. The molecule has 1 atom stereocenters. The average molecular weight is 695 g/mol. The van der Waals surface area contributed by atoms with Gasteiger partial charge in [-0.15, -0.1) is 0 Å². The number of benzene rings is 4. The molecular formula is C40H36F6O4. The van der Waals surface area contributed by atoms with Crippen LogP contribution < -0.4 is 0 Å². The summed E-state index contributed by atoms with van der Waals surface area (Å²) in [5.41, 5.74) is 1.95. The Balaban J connectivity index is 1.69. The van der Waals surface area contributed by atoms with Gasteiger partial charge < -0.3 is 9.84 Å². The van der Waals surface area contributed by atoms with Crippen molar-refractivity contribution in [1.29, 1.82) is 0 Å². The third kappa shape index (κ3) is 8.60. The maximum absolute atomic E-state index is 14.0. The van der Waals surface area contributed by atoms with Gasteiger partial charge in [0.15, 0.2) is 0 Å². The van der Waals surface area contributed by atoms with Gasteiger partial charge in [-0.3, -0.25) is 9.59 Å². The molecule has 4 rings (SSSR count). The van der Waals surface area contributed by atoms with Gasteiger partial charge in [0.2, 0.25) is 0 Å². The highest BCUT2D eigenvalue weighted by Crippen LogP contribution is 2.37. The minimum atomic E-state index is -4.62. The number of aryl methyl sites for hydroxylation is 1. The first-order chi connectivity index (χ1) is 23.5. The van der Waals surface area contributed by atoms with Gasteiger partial charge in [0.1, 0.15) is 6.29 Å². The molecule has 0 spiro atoms. The Kier molecular flexibility index (Phi) is 11.6. The number of hydrogen-bond donors (Lipinski definition) is 1. The van der Waals surface area contributed by atoms with Crippen LogP contribution in [0.15, 0.2) is 72.8 Å². The summed E-state index contributed by atoms with van der Waals surface area (Å²) in [6.07, 6.45) is -2.51. The summed E-state index contributed by atoms with van der Waals surface area (Å²) in [5.74, 6) is -0.612. The van der Waals surface area contributed by atoms with Crippen LogP contribution in [0.3, 0.4) is 0 Å². The third-order valence-electron chi connectivity index (χ3n) is 8.86. The molecule has 0 aliphatic rings. The number of aldehydes is 1. The van der Waals surface area contributed by atoms with Crippen molar-refractivity contribution in [2.75, 3.05) is 13.7 Å². The van der Waals surface area contributed by atoms with Crippen LogP contribution in [0.4, 0.5) is 26.3 Å². The number of esters is 1. The molecule has 0 heterocycles. The van der Waals surface area contributed by atoms with Crippen molar-refractivity contribution < 1.29 is 45.8 Å². The van der Waals surface area contributed by atoms with Gasteiger partial charge in [-0.25, -0.2) is 0 Å². The molecule has 0 amide bonds. The molecule has 0 saturated carbocycles. The third-order valence-corrected chi connectivity index (χ3v) is 8.86. The first-order valence-corrected chi connectivity index (χ1v) is 15.6. The fourth-order valence-electron chi connectivity index (χ4n) is 5.74. The lowest BCUT2D eigenvalue weighted by Gasteiger charge is -2.24. The number of carbonyl (C=O) groups excluding carboxylic acids is 2. The van der Waals surface area contributed by atoms with Gasteiger partial charge in [-0.1, -0.05) is 78.9 Å². The lowest BCUT2D eigenvalue weighted by atomic mass is 9.84. The predicted molar refractivity (Wildman–Crippen MR) is 183 cm³/mol. The molecule has 0 fully saturated rings. The number of alkyl halides is 6. The number of aliphatic hydroxyl groups excluding tert-OH is 1. The van der Waals surface area contributed by atoms with Crippen molar-refractivity contribution in [2.45, 2.75) is 46.0 Å². The summed E-state index contributed by atoms with van der Waals surface area (Å²) in [7, 11) is 1.21. The van der Waals surface area contributed by atoms with Crippen LogP contribution in [-0.2, 0) is 28.3 Å². The molecule has 4 aromatic carbocycles. The van der Waals surface area contributed by atoms with E-state index in [0.29, 0.717) is 23.0 Å². The number of carbonyl (C=O) groups is 2. The van der Waals surface area contributed by atoms with E-state index in [1.54, 1.807) is 36.4 Å². The van der Waals surface area contributed by atoms with E-state index in [1.165, 1.54) is 44.4 Å². The average Bonchev–Trinajstić information content (AvgIpc) is 3.08. The Labute approximate surface area is 286 Å². The lowest BCUT2D eigenvalue weighted by molar-refractivity contribution is -0.154. The Morgan fingerprint density at radius 1 is 0.720 bits per heavy atom. The molecule has 0 aliphatic heterocycles. The van der Waals surface area contributed by atoms with Crippen LogP contribution >= 0.6 is 0 Å². The smallest absolute Gasteiger partial charge is 0.416 e. The SMILES string of the molecule is COC(=O)[C@](C)(CO)CCc1ccc(C(F)(F)F)c(/C=C/c2cccc(-c3cccc(/C=C/c4cc(C=O)ccc4C(F)(F)F)c3C)c2C)c1. The van der Waals surface area contributed by atoms with E-state index in [0.717, 1.165) is 40.5 Å². The van der Waals surface area contributed by atoms with E-state index >= 15 is 0 Å². The zero-order valence-electron chi connectivity index (χ0n) is 27.9. The van der Waals surface area contributed by atoms with E-state index in [9.17, 15) is 41.0 Å². The van der Waals surface area contributed by atoms with Crippen LogP contribution in [0.2, 0.25) is 0 Å². The normalized spacial score (nSPS) is 13.5. The highest BCUT2D eigenvalue weighted by Gasteiger charge is 2.35. The number of methoxy groups -OCH3 is 1. The van der Waals surface area contributed by atoms with Gasteiger partial charge in [0, 0.05) is 5.56 Å². The predicted octanol–water partition coefficient (Wildman–Crippen LogP) is 10.3. The molecule has 0 bridgehead atoms. The maximum Gasteiger partial charge on any atom is 0.416 e. The van der Waals surface area contributed by atoms with Gasteiger partial charge >= 0.3 is 18.3 Å². The van der Waals surface area contributed by atoms with Gasteiger partial charge in [0.25, 0.3) is 0 Å². The summed E-state index contributed by atoms with van der Waals surface area (Å²) in [4.78, 5) is 23.4. The van der Waals surface area contributed by atoms with Gasteiger partial charge in [0.05, 0.1) is 30.3 Å². The Hall–Kier alpha value is -4.96. The molecule has 0 radical (unpaired) electrons. The Morgan fingerprint density at radius 3 is 1.66 bits per heavy atom. The van der Waals surface area contributed by atoms with Crippen molar-refractivity contribution in [2.24, 2.45) is 5.41 Å². The standard InChI is InChI=1S/C40H36F6O4/c1-25-29(13-15-31-21-27(11-17-35(31)39(41,42)43)19-20-38(3,24-48)37(49)50-4)7-5-9-33(25)34-10-6-8-30(26(34)2)14-16-32-22-28(23-47)12-18-36(32)40(44,45)46/h5-18,21-23,48H,19-20,24H2,1-4H3/b15-13+,16-14+/t38-/m0/s1. The molecule has 0 aromatic heterocycles. The molecule has 4 aromatic rings. The molecule has 0 unspecified atom stereocenters. The summed E-state index contributed by atoms with van der Waals surface area (Å²) >= 11 is 0. The fraction of sp³-hybridized carbons (Fsp3) is 0.250. The van der Waals surface area contributed by atoms with Crippen LogP contribution in [0, 0.1) is 19.3 Å². The largest absolute Gasteiger partial charge is 0.469 e. The topological polar surface area (TPSA) is 63.6 Å². The highest BCUT2D eigenvalue weighted by molar-refractivity contribution is 5.84. The van der Waals surface area contributed by atoms with E-state index < -0.39 is 41.5 Å². The second-order valence-corrected chi connectivity index (χ2v) is 12.3. The Morgan fingerprint density at radius 2 is 1.20 bits per heavy atom. The maximum atomic E-state index is 14.0. The first-order valence-electron chi connectivity index (χ1n) is 15.6. The second-order valence-electron chi connectivity index (χ2n) is 12.3. The molecule has 1 N–H and O–H groups in total. The summed E-state index contributed by atoms with van der Waals surface area (Å²) in [5, 5.41) is 9.76. The van der Waals surface area contributed by atoms with Gasteiger partial charge in [-0.05, 0) is 102 Å². The van der Waals surface area contributed by atoms with Crippen LogP contribution in [0.5, 0.6) is 0 Å². The number of halogens is 6. The molecule has 262 valence electrons. The van der Waals surface area contributed by atoms with E-state index in [-0.39, 0.29) is 29.5 Å². The van der Waals surface area contributed by atoms with E-state index in [1.807, 2.05) is 26.0 Å². The highest BCUT2D eigenvalue weighted by atomic mass is 19.4. The zero-order chi connectivity index (χ0) is 36.9. The second kappa shape index (κ2) is 15.3. The molecule has 0 saturated heterocycles. The summed E-state index contributed by atoms with van der Waals surface area (Å²) in [6, 6.07) is 17.7. The van der Waals surface area contributed by atoms with Crippen molar-refractivity contribution in [3.8, 4) is 11.1 Å². The van der Waals surface area contributed by atoms with E-state index in [4.69, 9.17) is 4.74 Å². The van der Waals surface area contributed by atoms with Crippen LogP contribution in [-0.4, -0.2) is 31.1 Å². The van der Waals surface area contributed by atoms with Gasteiger partial charge in [-0.2, -0.15) is 26.3 Å². The lowest BCUT2D eigenvalue weighted by Crippen LogP contribution is -2.33. The summed E-state index contributed by atoms with van der Waals surface area (Å²) < 4.78 is 87.8. The van der Waals surface area contributed by atoms with Crippen molar-refractivity contribution >= 4 is 36.6 Å². The van der Waals surface area contributed by atoms with Crippen molar-refractivity contribution in [1.82, 2.24) is 0 Å². The van der Waals surface area contributed by atoms with Crippen LogP contribution in [0.1, 0.15) is 73.8 Å². The van der Waals surface area contributed by atoms with E-state index in [2.05, 4.69) is 0 Å². The fourth-order valence-corrected chi connectivity index (χ4v) is 5.74. The summed E-state index contributed by atoms with van der Waals surface area (Å²) in [6.45, 7) is 4.72. The minimum Gasteiger partial charge on any atom is -0.469 e. The first kappa shape index (κ1) is 37.9. The number of hydrogen-bond acceptors (Lipinski definition) is 4. The van der Waals surface area contributed by atoms with Crippen LogP contribution in [0.25, 0.3) is 35.4 Å². The number of aliphatic hydroxyl groups is 1. The van der Waals surface area contributed by atoms with Crippen molar-refractivity contribution in [3.63, 3.8) is 0 Å². The quantitative estimate of drug-likeness (QED) is 0.0735. The molecule has 4 nitrogen and oxygen atoms in total. The Bertz CT molecular complexity index is 1940. The zero-order valence-corrected chi connectivity index (χ0v) is 27.9.